The van der Waals surface area contributed by atoms with Crippen LogP contribution in [0.1, 0.15) is 30.1 Å². The predicted octanol–water partition coefficient (Wildman–Crippen LogP) is 2.54. The van der Waals surface area contributed by atoms with Gasteiger partial charge in [0.2, 0.25) is 5.91 Å². The van der Waals surface area contributed by atoms with Crippen molar-refractivity contribution in [1.29, 1.82) is 0 Å². The third-order valence-electron chi connectivity index (χ3n) is 4.97. The number of rotatable bonds is 4. The Hall–Kier alpha value is -2.92. The van der Waals surface area contributed by atoms with Gasteiger partial charge in [0.05, 0.1) is 6.04 Å². The van der Waals surface area contributed by atoms with Crippen LogP contribution in [0.3, 0.4) is 0 Å². The second-order valence-corrected chi connectivity index (χ2v) is 6.57. The van der Waals surface area contributed by atoms with Crippen LogP contribution in [0.25, 0.3) is 0 Å². The molecule has 0 radical (unpaired) electrons. The third kappa shape index (κ3) is 2.80. The number of ether oxygens (including phenoxy) is 1. The Labute approximate surface area is 152 Å². The molecule has 26 heavy (non-hydrogen) atoms. The van der Waals surface area contributed by atoms with Crippen molar-refractivity contribution in [3.63, 3.8) is 0 Å². The molecule has 2 heterocycles. The van der Waals surface area contributed by atoms with Crippen molar-refractivity contribution in [2.45, 2.75) is 31.0 Å². The number of carbonyl (C=O) groups excluding carboxylic acids is 2. The second-order valence-electron chi connectivity index (χ2n) is 6.57. The topological polar surface area (TPSA) is 72.6 Å². The van der Waals surface area contributed by atoms with Crippen molar-refractivity contribution in [3.05, 3.63) is 83.6 Å². The average molecular weight is 348 g/mol. The molecule has 1 fully saturated rings. The van der Waals surface area contributed by atoms with E-state index in [9.17, 15) is 9.59 Å². The SMILES string of the molecule is NC1C(=O)N2C(C(=O)OC(c3ccccc3)c3ccccc3)=CCCC12. The highest BCUT2D eigenvalue weighted by Gasteiger charge is 2.49. The molecule has 0 aromatic heterocycles. The molecule has 2 unspecified atom stereocenters. The van der Waals surface area contributed by atoms with E-state index in [1.54, 1.807) is 6.08 Å². The van der Waals surface area contributed by atoms with Crippen LogP contribution in [-0.4, -0.2) is 28.9 Å². The van der Waals surface area contributed by atoms with E-state index < -0.39 is 18.1 Å². The van der Waals surface area contributed by atoms with E-state index in [1.165, 1.54) is 4.90 Å². The molecular formula is C21H20N2O3. The Kier molecular flexibility index (Phi) is 4.31. The number of hydrogen-bond donors (Lipinski definition) is 1. The van der Waals surface area contributed by atoms with Crippen molar-refractivity contribution >= 4 is 11.9 Å². The summed E-state index contributed by atoms with van der Waals surface area (Å²) in [5.41, 5.74) is 7.92. The van der Waals surface area contributed by atoms with E-state index >= 15 is 0 Å². The van der Waals surface area contributed by atoms with E-state index in [-0.39, 0.29) is 11.9 Å². The number of nitrogens with zero attached hydrogens (tertiary/aromatic N) is 1. The lowest BCUT2D eigenvalue weighted by molar-refractivity contribution is -0.156. The molecule has 0 spiro atoms. The van der Waals surface area contributed by atoms with Gasteiger partial charge in [0, 0.05) is 0 Å². The summed E-state index contributed by atoms with van der Waals surface area (Å²) in [6, 6.07) is 18.6. The lowest BCUT2D eigenvalue weighted by Crippen LogP contribution is -2.69. The zero-order chi connectivity index (χ0) is 18.1. The number of carbonyl (C=O) groups is 2. The van der Waals surface area contributed by atoms with Gasteiger partial charge >= 0.3 is 5.97 Å². The molecule has 2 N–H and O–H groups in total. The first-order chi connectivity index (χ1) is 12.7. The van der Waals surface area contributed by atoms with Crippen molar-refractivity contribution in [3.8, 4) is 0 Å². The first-order valence-electron chi connectivity index (χ1n) is 8.76. The van der Waals surface area contributed by atoms with E-state index in [0.717, 1.165) is 17.5 Å². The van der Waals surface area contributed by atoms with E-state index in [0.29, 0.717) is 12.1 Å². The molecule has 0 aliphatic carbocycles. The first kappa shape index (κ1) is 16.5. The number of allylic oxidation sites excluding steroid dienone is 1. The molecule has 132 valence electrons. The van der Waals surface area contributed by atoms with Gasteiger partial charge < -0.3 is 10.5 Å². The van der Waals surface area contributed by atoms with Crippen LogP contribution in [0.2, 0.25) is 0 Å². The fourth-order valence-electron chi connectivity index (χ4n) is 3.60. The molecule has 1 amide bonds. The summed E-state index contributed by atoms with van der Waals surface area (Å²) >= 11 is 0. The number of amides is 1. The molecule has 2 atom stereocenters. The Morgan fingerprint density at radius 3 is 2.19 bits per heavy atom. The number of benzene rings is 2. The van der Waals surface area contributed by atoms with Gasteiger partial charge in [-0.25, -0.2) is 4.79 Å². The maximum absolute atomic E-state index is 12.9. The Morgan fingerprint density at radius 1 is 1.04 bits per heavy atom. The number of β-lactam (4-membered cyclic amide) rings is 1. The highest BCUT2D eigenvalue weighted by molar-refractivity contribution is 6.00. The van der Waals surface area contributed by atoms with Crippen molar-refractivity contribution in [1.82, 2.24) is 4.90 Å². The van der Waals surface area contributed by atoms with Gasteiger partial charge in [0.25, 0.3) is 0 Å². The summed E-state index contributed by atoms with van der Waals surface area (Å²) in [5.74, 6) is -0.707. The van der Waals surface area contributed by atoms with Crippen LogP contribution in [0, 0.1) is 0 Å². The van der Waals surface area contributed by atoms with Crippen LogP contribution < -0.4 is 5.73 Å². The minimum absolute atomic E-state index is 0.0954. The quantitative estimate of drug-likeness (QED) is 0.681. The normalized spacial score (nSPS) is 21.7. The van der Waals surface area contributed by atoms with Crippen molar-refractivity contribution in [2.24, 2.45) is 5.73 Å². The van der Waals surface area contributed by atoms with Gasteiger partial charge in [-0.3, -0.25) is 9.69 Å². The summed E-state index contributed by atoms with van der Waals surface area (Å²) < 4.78 is 5.86. The van der Waals surface area contributed by atoms with Crippen LogP contribution in [0.15, 0.2) is 72.4 Å². The lowest BCUT2D eigenvalue weighted by Gasteiger charge is -2.47. The van der Waals surface area contributed by atoms with Crippen LogP contribution in [0.5, 0.6) is 0 Å². The summed E-state index contributed by atoms with van der Waals surface area (Å²) in [4.78, 5) is 26.5. The summed E-state index contributed by atoms with van der Waals surface area (Å²) in [5, 5.41) is 0. The third-order valence-corrected chi connectivity index (χ3v) is 4.97. The molecule has 5 nitrogen and oxygen atoms in total. The van der Waals surface area contributed by atoms with Gasteiger partial charge in [0.15, 0.2) is 6.10 Å². The molecule has 2 aliphatic heterocycles. The zero-order valence-electron chi connectivity index (χ0n) is 14.2. The fraction of sp³-hybridized carbons (Fsp3) is 0.238. The first-order valence-corrected chi connectivity index (χ1v) is 8.76. The molecule has 2 aromatic rings. The van der Waals surface area contributed by atoms with Crippen LogP contribution >= 0.6 is 0 Å². The molecule has 5 heteroatoms. The van der Waals surface area contributed by atoms with Crippen LogP contribution in [0.4, 0.5) is 0 Å². The lowest BCUT2D eigenvalue weighted by atomic mass is 9.87. The second kappa shape index (κ2) is 6.77. The van der Waals surface area contributed by atoms with E-state index in [4.69, 9.17) is 10.5 Å². The fourth-order valence-corrected chi connectivity index (χ4v) is 3.60. The molecule has 2 aromatic carbocycles. The molecule has 0 bridgehead atoms. The minimum atomic E-state index is -0.531. The smallest absolute Gasteiger partial charge is 0.355 e. The maximum Gasteiger partial charge on any atom is 0.355 e. The molecule has 1 saturated heterocycles. The van der Waals surface area contributed by atoms with Gasteiger partial charge in [-0.2, -0.15) is 0 Å². The number of hydrogen-bond acceptors (Lipinski definition) is 4. The van der Waals surface area contributed by atoms with Gasteiger partial charge in [0.1, 0.15) is 11.7 Å². The monoisotopic (exact) mass is 348 g/mol. The Balaban J connectivity index is 1.61. The molecular weight excluding hydrogens is 328 g/mol. The Morgan fingerprint density at radius 2 is 1.62 bits per heavy atom. The number of nitrogens with two attached hydrogens (primary N) is 1. The summed E-state index contributed by atoms with van der Waals surface area (Å²) in [6.45, 7) is 0. The predicted molar refractivity (Wildman–Crippen MR) is 96.7 cm³/mol. The molecule has 4 rings (SSSR count). The summed E-state index contributed by atoms with van der Waals surface area (Å²) in [6.07, 6.45) is 2.74. The number of fused-ring (bicyclic) bond motifs is 1. The van der Waals surface area contributed by atoms with Crippen LogP contribution in [-0.2, 0) is 14.3 Å². The number of esters is 1. The zero-order valence-corrected chi connectivity index (χ0v) is 14.2. The largest absolute Gasteiger partial charge is 0.448 e. The van der Waals surface area contributed by atoms with Gasteiger partial charge in [-0.1, -0.05) is 66.7 Å². The average Bonchev–Trinajstić information content (AvgIpc) is 2.72. The molecule has 0 saturated carbocycles. The standard InChI is InChI=1S/C21H20N2O3/c22-18-16-12-7-13-17(23(16)20(18)24)21(25)26-19(14-8-3-1-4-9-14)15-10-5-2-6-11-15/h1-6,8-11,13,16,18-19H,7,12,22H2. The van der Waals surface area contributed by atoms with Gasteiger partial charge in [-0.05, 0) is 24.0 Å². The van der Waals surface area contributed by atoms with Crippen molar-refractivity contribution in [2.75, 3.05) is 0 Å². The Bertz CT molecular complexity index is 809. The van der Waals surface area contributed by atoms with Gasteiger partial charge in [-0.15, -0.1) is 0 Å². The highest BCUT2D eigenvalue weighted by atomic mass is 16.5. The van der Waals surface area contributed by atoms with E-state index in [1.807, 2.05) is 60.7 Å². The highest BCUT2D eigenvalue weighted by Crippen LogP contribution is 2.34. The summed E-state index contributed by atoms with van der Waals surface area (Å²) in [7, 11) is 0. The van der Waals surface area contributed by atoms with E-state index in [2.05, 4.69) is 0 Å². The molecule has 2 aliphatic rings. The maximum atomic E-state index is 12.9. The minimum Gasteiger partial charge on any atom is -0.448 e. The van der Waals surface area contributed by atoms with Crippen molar-refractivity contribution < 1.29 is 14.3 Å².